The Bertz CT molecular complexity index is 1140. The van der Waals surface area contributed by atoms with Crippen molar-refractivity contribution < 1.29 is 22.6 Å². The lowest BCUT2D eigenvalue weighted by molar-refractivity contribution is -0.142. The average Bonchev–Trinajstić information content (AvgIpc) is 2.74. The van der Waals surface area contributed by atoms with E-state index in [4.69, 9.17) is 26.3 Å². The highest BCUT2D eigenvalue weighted by atomic mass is 35.5. The largest absolute Gasteiger partial charge is 0.469 e. The van der Waals surface area contributed by atoms with E-state index in [1.54, 1.807) is 4.90 Å². The van der Waals surface area contributed by atoms with Gasteiger partial charge in [0.1, 0.15) is 29.7 Å². The van der Waals surface area contributed by atoms with Crippen LogP contribution in [-0.4, -0.2) is 47.3 Å². The topological polar surface area (TPSA) is 107 Å². The molecule has 0 saturated carbocycles. The van der Waals surface area contributed by atoms with Crippen LogP contribution in [0.2, 0.25) is 5.15 Å². The molecule has 2 aromatic rings. The molecule has 0 amide bonds. The van der Waals surface area contributed by atoms with Gasteiger partial charge in [0, 0.05) is 31.3 Å². The lowest BCUT2D eigenvalue weighted by atomic mass is 9.96. The van der Waals surface area contributed by atoms with E-state index in [1.165, 1.54) is 12.1 Å². The van der Waals surface area contributed by atoms with E-state index in [9.17, 15) is 18.4 Å². The van der Waals surface area contributed by atoms with Gasteiger partial charge in [0.2, 0.25) is 5.88 Å². The van der Waals surface area contributed by atoms with Gasteiger partial charge in [0.25, 0.3) is 0 Å². The average molecular weight is 479 g/mol. The normalized spacial score (nSPS) is 16.3. The molecule has 12 heteroatoms. The van der Waals surface area contributed by atoms with Crippen LogP contribution in [-0.2, 0) is 30.4 Å². The van der Waals surface area contributed by atoms with Crippen molar-refractivity contribution in [2.45, 2.75) is 31.8 Å². The minimum atomic E-state index is -4.65. The Labute approximate surface area is 192 Å². The molecule has 0 bridgehead atoms. The number of nitrogens with zero attached hydrogens (tertiary/aromatic N) is 5. The van der Waals surface area contributed by atoms with Crippen molar-refractivity contribution in [2.24, 2.45) is 0 Å². The SMILES string of the molecule is N#CCNc1nc(Cl)c(C#N)c2c1CCN(Cc1ccc(OC3COC3)nc1C(F)(F)F)C2. The molecule has 0 unspecified atom stereocenters. The quantitative estimate of drug-likeness (QED) is 0.498. The molecule has 4 rings (SSSR count). The molecule has 0 aromatic carbocycles. The highest BCUT2D eigenvalue weighted by Gasteiger charge is 2.37. The zero-order chi connectivity index (χ0) is 23.6. The highest BCUT2D eigenvalue weighted by molar-refractivity contribution is 6.30. The first kappa shape index (κ1) is 23.1. The van der Waals surface area contributed by atoms with E-state index in [2.05, 4.69) is 15.3 Å². The summed E-state index contributed by atoms with van der Waals surface area (Å²) in [7, 11) is 0. The number of ether oxygens (including phenoxy) is 2. The maximum Gasteiger partial charge on any atom is 0.433 e. The standard InChI is InChI=1S/C21H18ClF3N6O2/c22-19-15(7-27)16-9-31(6-3-14(16)20(30-19)28-5-4-26)8-12-1-2-17(33-13-10-32-11-13)29-18(12)21(23,24)25/h1-2,13H,3,5-6,8-11H2,(H,28,30). The van der Waals surface area contributed by atoms with Crippen molar-refractivity contribution in [1.82, 2.24) is 14.9 Å². The molecule has 172 valence electrons. The molecule has 4 heterocycles. The molecule has 0 atom stereocenters. The van der Waals surface area contributed by atoms with Gasteiger partial charge in [-0.2, -0.15) is 23.7 Å². The molecule has 1 N–H and O–H groups in total. The van der Waals surface area contributed by atoms with Crippen LogP contribution in [0.25, 0.3) is 0 Å². The van der Waals surface area contributed by atoms with Crippen LogP contribution in [0.3, 0.4) is 0 Å². The molecule has 2 aliphatic heterocycles. The van der Waals surface area contributed by atoms with Crippen LogP contribution in [0.5, 0.6) is 5.88 Å². The first-order valence-corrected chi connectivity index (χ1v) is 10.4. The van der Waals surface area contributed by atoms with E-state index < -0.39 is 11.9 Å². The van der Waals surface area contributed by atoms with Gasteiger partial charge in [-0.1, -0.05) is 17.7 Å². The molecule has 33 heavy (non-hydrogen) atoms. The Morgan fingerprint density at radius 2 is 2.03 bits per heavy atom. The molecule has 0 spiro atoms. The molecular formula is C21H18ClF3N6O2. The summed E-state index contributed by atoms with van der Waals surface area (Å²) in [5.41, 5.74) is 0.513. The van der Waals surface area contributed by atoms with Crippen LogP contribution in [0.15, 0.2) is 12.1 Å². The monoisotopic (exact) mass is 478 g/mol. The third kappa shape index (κ3) is 4.96. The van der Waals surface area contributed by atoms with Gasteiger partial charge < -0.3 is 14.8 Å². The van der Waals surface area contributed by atoms with Crippen molar-refractivity contribution in [3.63, 3.8) is 0 Å². The second kappa shape index (κ2) is 9.40. The number of fused-ring (bicyclic) bond motifs is 1. The van der Waals surface area contributed by atoms with Crippen LogP contribution in [0.1, 0.15) is 27.9 Å². The minimum absolute atomic E-state index is 0.00430. The molecule has 1 saturated heterocycles. The number of pyridine rings is 2. The maximum absolute atomic E-state index is 13.7. The van der Waals surface area contributed by atoms with Gasteiger partial charge in [-0.3, -0.25) is 4.90 Å². The fourth-order valence-electron chi connectivity index (χ4n) is 3.78. The summed E-state index contributed by atoms with van der Waals surface area (Å²) >= 11 is 6.16. The number of alkyl halides is 3. The van der Waals surface area contributed by atoms with Crippen molar-refractivity contribution in [3.05, 3.63) is 45.2 Å². The number of anilines is 1. The van der Waals surface area contributed by atoms with E-state index in [0.717, 1.165) is 5.56 Å². The number of hydrogen-bond donors (Lipinski definition) is 1. The van der Waals surface area contributed by atoms with Crippen LogP contribution in [0.4, 0.5) is 19.0 Å². The number of rotatable bonds is 6. The Hall–Kier alpha value is -3.12. The second-order valence-electron chi connectivity index (χ2n) is 7.60. The summed E-state index contributed by atoms with van der Waals surface area (Å²) in [5, 5.41) is 21.2. The lowest BCUT2D eigenvalue weighted by Crippen LogP contribution is -2.39. The molecule has 1 fully saturated rings. The number of hydrogen-bond acceptors (Lipinski definition) is 8. The summed E-state index contributed by atoms with van der Waals surface area (Å²) in [5.74, 6) is 0.315. The Morgan fingerprint density at radius 1 is 1.24 bits per heavy atom. The fourth-order valence-corrected chi connectivity index (χ4v) is 4.02. The molecular weight excluding hydrogens is 461 g/mol. The second-order valence-corrected chi connectivity index (χ2v) is 7.96. The van der Waals surface area contributed by atoms with Gasteiger partial charge in [-0.15, -0.1) is 0 Å². The third-order valence-electron chi connectivity index (χ3n) is 5.39. The third-order valence-corrected chi connectivity index (χ3v) is 5.66. The molecule has 0 radical (unpaired) electrons. The summed E-state index contributed by atoms with van der Waals surface area (Å²) in [6, 6.07) is 6.78. The van der Waals surface area contributed by atoms with Crippen LogP contribution < -0.4 is 10.1 Å². The molecule has 2 aliphatic rings. The van der Waals surface area contributed by atoms with E-state index in [0.29, 0.717) is 37.6 Å². The molecule has 8 nitrogen and oxygen atoms in total. The van der Waals surface area contributed by atoms with Crippen molar-refractivity contribution in [3.8, 4) is 18.0 Å². The number of nitrogens with one attached hydrogen (secondary N) is 1. The van der Waals surface area contributed by atoms with Gasteiger partial charge in [0.15, 0.2) is 5.69 Å². The Morgan fingerprint density at radius 3 is 2.67 bits per heavy atom. The van der Waals surface area contributed by atoms with Crippen molar-refractivity contribution in [1.29, 1.82) is 10.5 Å². The van der Waals surface area contributed by atoms with Gasteiger partial charge in [0.05, 0.1) is 24.8 Å². The smallest absolute Gasteiger partial charge is 0.433 e. The van der Waals surface area contributed by atoms with Crippen molar-refractivity contribution in [2.75, 3.05) is 31.6 Å². The number of nitriles is 2. The summed E-state index contributed by atoms with van der Waals surface area (Å²) in [4.78, 5) is 9.69. The fraction of sp³-hybridized carbons (Fsp3) is 0.429. The Balaban J connectivity index is 1.60. The van der Waals surface area contributed by atoms with Crippen molar-refractivity contribution >= 4 is 17.4 Å². The van der Waals surface area contributed by atoms with Gasteiger partial charge in [-0.05, 0) is 17.5 Å². The maximum atomic E-state index is 13.7. The zero-order valence-electron chi connectivity index (χ0n) is 17.2. The summed E-state index contributed by atoms with van der Waals surface area (Å²) in [6.45, 7) is 1.25. The van der Waals surface area contributed by atoms with Crippen LogP contribution >= 0.6 is 11.6 Å². The predicted molar refractivity (Wildman–Crippen MR) is 110 cm³/mol. The van der Waals surface area contributed by atoms with E-state index >= 15 is 0 Å². The molecule has 2 aromatic heterocycles. The zero-order valence-corrected chi connectivity index (χ0v) is 18.0. The first-order valence-electron chi connectivity index (χ1n) is 10.1. The molecule has 0 aliphatic carbocycles. The van der Waals surface area contributed by atoms with Gasteiger partial charge >= 0.3 is 6.18 Å². The number of aromatic nitrogens is 2. The first-order chi connectivity index (χ1) is 15.8. The summed E-state index contributed by atoms with van der Waals surface area (Å²) < 4.78 is 51.6. The highest BCUT2D eigenvalue weighted by Crippen LogP contribution is 2.35. The predicted octanol–water partition coefficient (Wildman–Crippen LogP) is 3.29. The number of halogens is 4. The minimum Gasteiger partial charge on any atom is -0.469 e. The van der Waals surface area contributed by atoms with Gasteiger partial charge in [-0.25, -0.2) is 9.97 Å². The Kier molecular flexibility index (Phi) is 6.56. The van der Waals surface area contributed by atoms with E-state index in [1.807, 2.05) is 12.1 Å². The summed E-state index contributed by atoms with van der Waals surface area (Å²) in [6.07, 6.45) is -4.52. The lowest BCUT2D eigenvalue weighted by Gasteiger charge is -2.31. The van der Waals surface area contributed by atoms with E-state index in [-0.39, 0.29) is 47.9 Å². The van der Waals surface area contributed by atoms with Crippen LogP contribution in [0, 0.1) is 22.7 Å².